The number of benzene rings is 2. The number of pyridine rings is 1. The van der Waals surface area contributed by atoms with Gasteiger partial charge in [-0.25, -0.2) is 27.0 Å². The van der Waals surface area contributed by atoms with Gasteiger partial charge >= 0.3 is 12.1 Å². The van der Waals surface area contributed by atoms with Crippen molar-refractivity contribution in [2.75, 3.05) is 42.3 Å². The van der Waals surface area contributed by atoms with Gasteiger partial charge in [0.05, 0.1) is 36.1 Å². The molecule has 0 bridgehead atoms. The summed E-state index contributed by atoms with van der Waals surface area (Å²) in [5, 5.41) is 12.8. The molecule has 0 amide bonds. The molecule has 2 aromatic heterocycles. The van der Waals surface area contributed by atoms with E-state index in [4.69, 9.17) is 15.4 Å². The zero-order valence-electron chi connectivity index (χ0n) is 25.8. The number of nitrogen functional groups attached to an aromatic ring is 1. The van der Waals surface area contributed by atoms with Gasteiger partial charge in [0.15, 0.2) is 18.1 Å². The number of fused-ring (bicyclic) bond motifs is 3. The number of carboxylic acids is 1. The lowest BCUT2D eigenvalue weighted by atomic mass is 9.80. The van der Waals surface area contributed by atoms with E-state index in [0.717, 1.165) is 34.7 Å². The maximum Gasteiger partial charge on any atom is 0.422 e. The molecule has 1 aliphatic heterocycles. The molecule has 2 aliphatic rings. The third-order valence-electron chi connectivity index (χ3n) is 7.84. The number of nitrogens with zero attached hydrogens (tertiary/aromatic N) is 4. The maximum atomic E-state index is 12.8. The molecule has 1 fully saturated rings. The van der Waals surface area contributed by atoms with Crippen LogP contribution in [0, 0.1) is 6.92 Å². The first-order valence-electron chi connectivity index (χ1n) is 14.3. The molecule has 0 saturated carbocycles. The molecule has 1 saturated heterocycles. The van der Waals surface area contributed by atoms with E-state index in [2.05, 4.69) is 32.0 Å². The van der Waals surface area contributed by atoms with E-state index < -0.39 is 64.5 Å². The van der Waals surface area contributed by atoms with Gasteiger partial charge in [-0.3, -0.25) is 0 Å². The van der Waals surface area contributed by atoms with Crippen LogP contribution in [0.1, 0.15) is 45.8 Å². The Kier molecular flexibility index (Phi) is 8.88. The molecule has 48 heavy (non-hydrogen) atoms. The molecule has 1 atom stereocenters. The van der Waals surface area contributed by atoms with Crippen molar-refractivity contribution < 1.29 is 49.5 Å². The molecular weight excluding hydrogens is 665 g/mol. The summed E-state index contributed by atoms with van der Waals surface area (Å²) in [5.41, 5.74) is 10.8. The van der Waals surface area contributed by atoms with Gasteiger partial charge in [0.25, 0.3) is 5.92 Å². The number of anilines is 2. The molecule has 0 radical (unpaired) electrons. The lowest BCUT2D eigenvalue weighted by molar-refractivity contribution is -0.153. The lowest BCUT2D eigenvalue weighted by Crippen LogP contribution is -2.56. The summed E-state index contributed by atoms with van der Waals surface area (Å²) in [5.74, 6) is -4.30. The number of carboxylic acid groups (broad SMARTS) is 1. The quantitative estimate of drug-likeness (QED) is 0.165. The number of aromatic carboxylic acids is 1. The van der Waals surface area contributed by atoms with E-state index in [1.165, 1.54) is 17.4 Å². The van der Waals surface area contributed by atoms with Gasteiger partial charge in [0.1, 0.15) is 15.6 Å². The van der Waals surface area contributed by atoms with Crippen LogP contribution >= 0.6 is 0 Å². The van der Waals surface area contributed by atoms with Crippen LogP contribution in [0.3, 0.4) is 0 Å². The number of aryl methyl sites for hydroxylation is 1. The molecule has 1 aliphatic carbocycles. The van der Waals surface area contributed by atoms with Crippen molar-refractivity contribution in [1.29, 1.82) is 0 Å². The normalized spacial score (nSPS) is 16.1. The van der Waals surface area contributed by atoms with Crippen LogP contribution in [-0.2, 0) is 21.7 Å². The van der Waals surface area contributed by atoms with Gasteiger partial charge in [0.2, 0.25) is 5.89 Å². The summed E-state index contributed by atoms with van der Waals surface area (Å²) >= 11 is 0. The first-order chi connectivity index (χ1) is 22.3. The average Bonchev–Trinajstić information content (AvgIpc) is 3.58. The Hall–Kier alpha value is -4.80. The van der Waals surface area contributed by atoms with Crippen LogP contribution in [0.25, 0.3) is 11.1 Å². The number of aromatic nitrogens is 3. The molecule has 256 valence electrons. The Morgan fingerprint density at radius 2 is 1.83 bits per heavy atom. The molecular formula is C31H30F5N5O6S. The van der Waals surface area contributed by atoms with Crippen LogP contribution in [-0.4, -0.2) is 78.4 Å². The Morgan fingerprint density at radius 3 is 2.42 bits per heavy atom. The summed E-state index contributed by atoms with van der Waals surface area (Å²) in [7, 11) is -3.33. The smallest absolute Gasteiger partial charge is 0.422 e. The summed E-state index contributed by atoms with van der Waals surface area (Å²) in [6.45, 7) is 0.443. The first-order valence-corrected chi connectivity index (χ1v) is 16.4. The summed E-state index contributed by atoms with van der Waals surface area (Å²) < 4.78 is 96.1. The number of carbonyl (C=O) groups is 1. The number of rotatable bonds is 8. The number of halogens is 5. The van der Waals surface area contributed by atoms with E-state index in [1.54, 1.807) is 13.8 Å². The van der Waals surface area contributed by atoms with Gasteiger partial charge in [-0.1, -0.05) is 41.6 Å². The van der Waals surface area contributed by atoms with Gasteiger partial charge in [-0.05, 0) is 34.7 Å². The average molecular weight is 696 g/mol. The second kappa shape index (κ2) is 12.3. The monoisotopic (exact) mass is 695 g/mol. The SMILES string of the molecule is Cc1nc(C(C)(CS(C)(=O)=O)c2ccc3c(c2N)Cc2ccccc2-3)no1.O=C(O)c1cc(OCC(F)(F)F)c(N2CC(F)(F)C2)cn1. The predicted octanol–water partition coefficient (Wildman–Crippen LogP) is 5.06. The van der Waals surface area contributed by atoms with Gasteiger partial charge in [-0.2, -0.15) is 18.2 Å². The molecule has 11 nitrogen and oxygen atoms in total. The third kappa shape index (κ3) is 7.35. The standard InChI is InChI=1S/C20H21N3O3S.C11H9F5N2O3/c1-12-22-19(23-26-12)20(2,11-27(3,24)25)17-9-8-15-14-7-5-4-6-13(14)10-16(15)18(17)21;12-10(13)3-18(4-10)7-2-17-6(9(19)20)1-8(7)21-5-11(14,15)16/h4-9H,10-11,21H2,1-3H3;1-2H,3-5H2,(H,19,20). The minimum absolute atomic E-state index is 0.102. The number of hydrogen-bond acceptors (Lipinski definition) is 10. The topological polar surface area (TPSA) is 162 Å². The first kappa shape index (κ1) is 34.5. The fraction of sp³-hybridized carbons (Fsp3) is 0.355. The van der Waals surface area contributed by atoms with Crippen molar-refractivity contribution in [1.82, 2.24) is 15.1 Å². The molecule has 3 heterocycles. The van der Waals surface area contributed by atoms with Crippen molar-refractivity contribution in [3.63, 3.8) is 0 Å². The predicted molar refractivity (Wildman–Crippen MR) is 164 cm³/mol. The second-order valence-electron chi connectivity index (χ2n) is 11.9. The second-order valence-corrected chi connectivity index (χ2v) is 14.0. The van der Waals surface area contributed by atoms with E-state index in [9.17, 15) is 35.2 Å². The van der Waals surface area contributed by atoms with E-state index in [1.807, 2.05) is 24.3 Å². The van der Waals surface area contributed by atoms with Crippen molar-refractivity contribution in [3.8, 4) is 16.9 Å². The van der Waals surface area contributed by atoms with Crippen LogP contribution in [0.2, 0.25) is 0 Å². The number of hydrogen-bond donors (Lipinski definition) is 2. The molecule has 0 spiro atoms. The number of sulfone groups is 1. The highest BCUT2D eigenvalue weighted by molar-refractivity contribution is 7.90. The third-order valence-corrected chi connectivity index (χ3v) is 8.94. The van der Waals surface area contributed by atoms with Gasteiger partial charge < -0.3 is 25.0 Å². The highest BCUT2D eigenvalue weighted by Gasteiger charge is 2.45. The largest absolute Gasteiger partial charge is 0.482 e. The van der Waals surface area contributed by atoms with Crippen LogP contribution in [0.5, 0.6) is 5.75 Å². The van der Waals surface area contributed by atoms with Crippen LogP contribution in [0.15, 0.2) is 53.2 Å². The number of nitrogens with two attached hydrogens (primary N) is 1. The van der Waals surface area contributed by atoms with E-state index in [-0.39, 0.29) is 11.4 Å². The van der Waals surface area contributed by atoms with Crippen molar-refractivity contribution in [3.05, 3.63) is 82.8 Å². The van der Waals surface area contributed by atoms with Crippen LogP contribution < -0.4 is 15.4 Å². The summed E-state index contributed by atoms with van der Waals surface area (Å²) in [4.78, 5) is 19.6. The summed E-state index contributed by atoms with van der Waals surface area (Å²) in [6.07, 6.45) is -1.80. The fourth-order valence-corrected chi connectivity index (χ4v) is 7.10. The number of alkyl halides is 5. The Morgan fingerprint density at radius 1 is 1.15 bits per heavy atom. The minimum atomic E-state index is -4.64. The van der Waals surface area contributed by atoms with E-state index in [0.29, 0.717) is 23.0 Å². The zero-order valence-corrected chi connectivity index (χ0v) is 26.6. The fourth-order valence-electron chi connectivity index (χ4n) is 5.77. The number of ether oxygens (including phenoxy) is 1. The highest BCUT2D eigenvalue weighted by Crippen LogP contribution is 2.45. The molecule has 4 aromatic rings. The molecule has 6 rings (SSSR count). The highest BCUT2D eigenvalue weighted by atomic mass is 32.2. The molecule has 1 unspecified atom stereocenters. The molecule has 3 N–H and O–H groups in total. The van der Waals surface area contributed by atoms with Crippen molar-refractivity contribution in [2.24, 2.45) is 0 Å². The van der Waals surface area contributed by atoms with Gasteiger partial charge in [0, 0.05) is 31.4 Å². The van der Waals surface area contributed by atoms with Gasteiger partial charge in [-0.15, -0.1) is 0 Å². The Balaban J connectivity index is 0.000000194. The Labute approximate surface area is 271 Å². The minimum Gasteiger partial charge on any atom is -0.482 e. The van der Waals surface area contributed by atoms with Crippen LogP contribution in [0.4, 0.5) is 33.3 Å². The summed E-state index contributed by atoms with van der Waals surface area (Å²) in [6, 6.07) is 12.9. The lowest BCUT2D eigenvalue weighted by Gasteiger charge is -2.40. The molecule has 2 aromatic carbocycles. The zero-order chi connectivity index (χ0) is 35.2. The maximum absolute atomic E-state index is 12.8. The Bertz CT molecular complexity index is 1980. The van der Waals surface area contributed by atoms with E-state index >= 15 is 0 Å². The van der Waals surface area contributed by atoms with Crippen molar-refractivity contribution >= 4 is 27.2 Å². The molecule has 17 heteroatoms. The van der Waals surface area contributed by atoms with Crippen molar-refractivity contribution in [2.45, 2.75) is 37.8 Å².